The normalized spacial score (nSPS) is 19.8. The molecule has 1 saturated heterocycles. The van der Waals surface area contributed by atoms with Crippen LogP contribution >= 0.6 is 23.8 Å². The maximum absolute atomic E-state index is 13.0. The maximum Gasteiger partial charge on any atom is 0.276 e. The van der Waals surface area contributed by atoms with E-state index in [1.807, 2.05) is 37.3 Å². The highest BCUT2D eigenvalue weighted by Gasteiger charge is 2.36. The van der Waals surface area contributed by atoms with Crippen LogP contribution in [0, 0.1) is 6.92 Å². The lowest BCUT2D eigenvalue weighted by atomic mass is 9.94. The number of carbonyl (C=O) groups is 1. The molecule has 140 valence electrons. The van der Waals surface area contributed by atoms with E-state index in [0.717, 1.165) is 42.6 Å². The van der Waals surface area contributed by atoms with Gasteiger partial charge in [0.1, 0.15) is 10.9 Å². The number of carbonyl (C=O) groups excluding carboxylic acids is 1. The van der Waals surface area contributed by atoms with Gasteiger partial charge in [-0.1, -0.05) is 49.1 Å². The van der Waals surface area contributed by atoms with E-state index in [2.05, 4.69) is 10.4 Å². The third-order valence-electron chi connectivity index (χ3n) is 5.19. The fourth-order valence-electron chi connectivity index (χ4n) is 3.78. The van der Waals surface area contributed by atoms with Gasteiger partial charge in [-0.25, -0.2) is 4.68 Å². The van der Waals surface area contributed by atoms with E-state index < -0.39 is 0 Å². The van der Waals surface area contributed by atoms with Crippen LogP contribution in [0.15, 0.2) is 36.0 Å². The van der Waals surface area contributed by atoms with Crippen molar-refractivity contribution in [3.8, 4) is 5.69 Å². The van der Waals surface area contributed by atoms with E-state index in [0.29, 0.717) is 16.0 Å². The van der Waals surface area contributed by atoms with E-state index in [1.165, 1.54) is 6.42 Å². The quantitative estimate of drug-likeness (QED) is 0.619. The summed E-state index contributed by atoms with van der Waals surface area (Å²) < 4.78 is 1.68. The van der Waals surface area contributed by atoms with Crippen LogP contribution in [-0.4, -0.2) is 31.7 Å². The van der Waals surface area contributed by atoms with Crippen molar-refractivity contribution in [1.82, 2.24) is 20.0 Å². The van der Waals surface area contributed by atoms with Gasteiger partial charge in [0, 0.05) is 11.6 Å². The minimum absolute atomic E-state index is 0.0742. The second-order valence-electron chi connectivity index (χ2n) is 6.99. The molecule has 1 aromatic heterocycles. The number of para-hydroxylation sites is 1. The third kappa shape index (κ3) is 3.39. The molecule has 27 heavy (non-hydrogen) atoms. The van der Waals surface area contributed by atoms with Gasteiger partial charge in [0.05, 0.1) is 11.4 Å². The molecule has 2 aliphatic rings. The number of hydrogen-bond donors (Lipinski definition) is 1. The van der Waals surface area contributed by atoms with Crippen molar-refractivity contribution in [2.24, 2.45) is 0 Å². The zero-order valence-electron chi connectivity index (χ0n) is 15.1. The van der Waals surface area contributed by atoms with Gasteiger partial charge >= 0.3 is 0 Å². The number of aromatic nitrogens is 2. The van der Waals surface area contributed by atoms with Crippen LogP contribution in [0.2, 0.25) is 5.15 Å². The van der Waals surface area contributed by atoms with Crippen molar-refractivity contribution in [2.75, 3.05) is 0 Å². The molecule has 1 aliphatic carbocycles. The summed E-state index contributed by atoms with van der Waals surface area (Å²) in [5, 5.41) is 8.57. The highest BCUT2D eigenvalue weighted by Crippen LogP contribution is 2.29. The first kappa shape index (κ1) is 18.2. The lowest BCUT2D eigenvalue weighted by Gasteiger charge is -2.29. The van der Waals surface area contributed by atoms with E-state index in [1.54, 1.807) is 15.7 Å². The molecule has 2 aromatic rings. The first-order chi connectivity index (χ1) is 13.1. The SMILES string of the molecule is Cc1nn(-c2ccccc2)c(Cl)c1/C=C1\NC(=S)N(C2CCCCC2)C1=O. The highest BCUT2D eigenvalue weighted by molar-refractivity contribution is 7.80. The molecule has 1 amide bonds. The molecule has 4 rings (SSSR count). The van der Waals surface area contributed by atoms with E-state index in [-0.39, 0.29) is 11.9 Å². The first-order valence-corrected chi connectivity index (χ1v) is 10.0. The highest BCUT2D eigenvalue weighted by atomic mass is 35.5. The summed E-state index contributed by atoms with van der Waals surface area (Å²) in [5.41, 5.74) is 2.82. The molecule has 0 spiro atoms. The molecule has 2 heterocycles. The molecular weight excluding hydrogens is 380 g/mol. The number of amides is 1. The Kier molecular flexibility index (Phi) is 5.02. The smallest absolute Gasteiger partial charge is 0.276 e. The second-order valence-corrected chi connectivity index (χ2v) is 7.74. The molecule has 2 fully saturated rings. The van der Waals surface area contributed by atoms with Gasteiger partial charge in [-0.2, -0.15) is 5.10 Å². The molecular formula is C20H21ClN4OS. The van der Waals surface area contributed by atoms with Gasteiger partial charge in [-0.05, 0) is 50.2 Å². The van der Waals surface area contributed by atoms with Crippen LogP contribution in [0.25, 0.3) is 11.8 Å². The fourth-order valence-corrected chi connectivity index (χ4v) is 4.45. The summed E-state index contributed by atoms with van der Waals surface area (Å²) in [5.74, 6) is -0.0742. The topological polar surface area (TPSA) is 50.2 Å². The van der Waals surface area contributed by atoms with E-state index in [4.69, 9.17) is 23.8 Å². The average Bonchev–Trinajstić information content (AvgIpc) is 3.13. The lowest BCUT2D eigenvalue weighted by molar-refractivity contribution is -0.124. The minimum Gasteiger partial charge on any atom is -0.328 e. The molecule has 1 aromatic carbocycles. The van der Waals surface area contributed by atoms with E-state index in [9.17, 15) is 4.79 Å². The number of rotatable bonds is 3. The summed E-state index contributed by atoms with van der Waals surface area (Å²) in [7, 11) is 0. The average molecular weight is 401 g/mol. The number of hydrogen-bond acceptors (Lipinski definition) is 3. The molecule has 0 atom stereocenters. The van der Waals surface area contributed by atoms with Crippen LogP contribution in [0.5, 0.6) is 0 Å². The van der Waals surface area contributed by atoms with Gasteiger partial charge in [-0.3, -0.25) is 9.69 Å². The Balaban J connectivity index is 1.65. The van der Waals surface area contributed by atoms with E-state index >= 15 is 0 Å². The number of nitrogens with one attached hydrogen (secondary N) is 1. The standard InChI is InChI=1S/C20H21ClN4OS/c1-13-16(18(21)25(23-13)15-10-6-3-7-11-15)12-17-19(26)24(20(27)22-17)14-8-4-2-5-9-14/h3,6-7,10-12,14H,2,4-5,8-9H2,1H3,(H,22,27)/b17-12-. The van der Waals surface area contributed by atoms with Crippen molar-refractivity contribution < 1.29 is 4.79 Å². The van der Waals surface area contributed by atoms with Crippen LogP contribution in [-0.2, 0) is 4.79 Å². The predicted octanol–water partition coefficient (Wildman–Crippen LogP) is 4.22. The van der Waals surface area contributed by atoms with Crippen molar-refractivity contribution in [2.45, 2.75) is 45.1 Å². The van der Waals surface area contributed by atoms with Gasteiger partial charge in [0.25, 0.3) is 5.91 Å². The summed E-state index contributed by atoms with van der Waals surface area (Å²) in [4.78, 5) is 14.7. The molecule has 0 unspecified atom stereocenters. The van der Waals surface area contributed by atoms with Crippen LogP contribution in [0.4, 0.5) is 0 Å². The third-order valence-corrected chi connectivity index (χ3v) is 5.85. The number of nitrogens with zero attached hydrogens (tertiary/aromatic N) is 3. The Morgan fingerprint density at radius 2 is 1.93 bits per heavy atom. The van der Waals surface area contributed by atoms with Crippen LogP contribution in [0.3, 0.4) is 0 Å². The number of aryl methyl sites for hydroxylation is 1. The predicted molar refractivity (Wildman–Crippen MR) is 111 cm³/mol. The number of halogens is 1. The Morgan fingerprint density at radius 3 is 2.63 bits per heavy atom. The second kappa shape index (κ2) is 7.44. The summed E-state index contributed by atoms with van der Waals surface area (Å²) in [6.45, 7) is 1.88. The monoisotopic (exact) mass is 400 g/mol. The van der Waals surface area contributed by atoms with Gasteiger partial charge in [-0.15, -0.1) is 0 Å². The summed E-state index contributed by atoms with van der Waals surface area (Å²) in [6.07, 6.45) is 7.30. The van der Waals surface area contributed by atoms with Crippen LogP contribution < -0.4 is 5.32 Å². The zero-order valence-corrected chi connectivity index (χ0v) is 16.7. The molecule has 1 saturated carbocycles. The molecule has 0 bridgehead atoms. The Morgan fingerprint density at radius 1 is 1.22 bits per heavy atom. The Hall–Kier alpha value is -2.18. The van der Waals surface area contributed by atoms with Crippen LogP contribution in [0.1, 0.15) is 43.4 Å². The summed E-state index contributed by atoms with van der Waals surface area (Å²) >= 11 is 12.0. The fraction of sp³-hybridized carbons (Fsp3) is 0.350. The van der Waals surface area contributed by atoms with Gasteiger partial charge in [0.15, 0.2) is 5.11 Å². The number of benzene rings is 1. The largest absolute Gasteiger partial charge is 0.328 e. The molecule has 1 aliphatic heterocycles. The van der Waals surface area contributed by atoms with Crippen molar-refractivity contribution in [1.29, 1.82) is 0 Å². The molecule has 0 radical (unpaired) electrons. The van der Waals surface area contributed by atoms with Crippen molar-refractivity contribution in [3.63, 3.8) is 0 Å². The van der Waals surface area contributed by atoms with Gasteiger partial charge in [0.2, 0.25) is 0 Å². The molecule has 1 N–H and O–H groups in total. The molecule has 5 nitrogen and oxygen atoms in total. The van der Waals surface area contributed by atoms with Crippen molar-refractivity contribution in [3.05, 3.63) is 52.4 Å². The van der Waals surface area contributed by atoms with Gasteiger partial charge < -0.3 is 5.32 Å². The van der Waals surface area contributed by atoms with Crippen molar-refractivity contribution >= 4 is 40.9 Å². The first-order valence-electron chi connectivity index (χ1n) is 9.23. The maximum atomic E-state index is 13.0. The number of thiocarbonyl (C=S) groups is 1. The lowest BCUT2D eigenvalue weighted by Crippen LogP contribution is -2.41. The Labute approximate surface area is 169 Å². The minimum atomic E-state index is -0.0742. The zero-order chi connectivity index (χ0) is 19.0. The Bertz CT molecular complexity index is 916. The summed E-state index contributed by atoms with van der Waals surface area (Å²) in [6, 6.07) is 9.88. The molecule has 7 heteroatoms.